The number of hydrogen-bond donors (Lipinski definition) is 9. The summed E-state index contributed by atoms with van der Waals surface area (Å²) in [6, 6.07) is -0.841. The molecular weight excluding hydrogens is 1290 g/mol. The predicted molar refractivity (Wildman–Crippen MR) is 429 cm³/mol. The van der Waals surface area contributed by atoms with Crippen LogP contribution >= 0.6 is 0 Å². The Bertz CT molecular complexity index is 2200. The second-order valence-corrected chi connectivity index (χ2v) is 29.2. The molecule has 2 aliphatic rings. The smallest absolute Gasteiger partial charge is 0.220 e. The Morgan fingerprint density at radius 2 is 0.670 bits per heavy atom. The minimum absolute atomic E-state index is 0.211. The van der Waals surface area contributed by atoms with Crippen molar-refractivity contribution in [2.45, 2.75) is 415 Å². The number of carbonyl (C=O) groups is 1. The lowest BCUT2D eigenvalue weighted by Crippen LogP contribution is -2.65. The van der Waals surface area contributed by atoms with Crippen LogP contribution in [-0.2, 0) is 23.7 Å². The van der Waals surface area contributed by atoms with E-state index in [-0.39, 0.29) is 12.5 Å². The molecule has 1 amide bonds. The molecule has 14 nitrogen and oxygen atoms in total. The first-order valence-corrected chi connectivity index (χ1v) is 42.3. The summed E-state index contributed by atoms with van der Waals surface area (Å²) in [6.07, 6.45) is 88.1. The van der Waals surface area contributed by atoms with Crippen LogP contribution in [0.25, 0.3) is 0 Å². The summed E-state index contributed by atoms with van der Waals surface area (Å²) in [5.74, 6) is -0.211. The van der Waals surface area contributed by atoms with Gasteiger partial charge in [-0.25, -0.2) is 0 Å². The Labute approximate surface area is 628 Å². The average Bonchev–Trinajstić information content (AvgIpc) is 0.791. The Balaban J connectivity index is 1.60. The first-order valence-electron chi connectivity index (χ1n) is 42.3. The zero-order valence-corrected chi connectivity index (χ0v) is 65.3. The van der Waals surface area contributed by atoms with Crippen LogP contribution in [0.1, 0.15) is 341 Å². The Hall–Kier alpha value is -3.61. The summed E-state index contributed by atoms with van der Waals surface area (Å²) in [7, 11) is 0. The quantitative estimate of drug-likeness (QED) is 0.0204. The highest BCUT2D eigenvalue weighted by molar-refractivity contribution is 5.76. The number of aliphatic hydroxyl groups excluding tert-OH is 8. The minimum atomic E-state index is -1.79. The summed E-state index contributed by atoms with van der Waals surface area (Å²) in [5.41, 5.74) is 0. The minimum Gasteiger partial charge on any atom is -0.394 e. The van der Waals surface area contributed by atoms with Gasteiger partial charge in [0.25, 0.3) is 0 Å². The molecule has 2 heterocycles. The summed E-state index contributed by atoms with van der Waals surface area (Å²) in [6.45, 7) is 2.79. The third kappa shape index (κ3) is 53.8. The van der Waals surface area contributed by atoms with E-state index in [1.165, 1.54) is 193 Å². The zero-order chi connectivity index (χ0) is 74.4. The molecule has 103 heavy (non-hydrogen) atoms. The number of rotatable bonds is 70. The summed E-state index contributed by atoms with van der Waals surface area (Å²) in [4.78, 5) is 13.4. The van der Waals surface area contributed by atoms with E-state index in [1.54, 1.807) is 0 Å². The van der Waals surface area contributed by atoms with E-state index in [4.69, 9.17) is 18.9 Å². The van der Waals surface area contributed by atoms with Crippen LogP contribution in [0, 0.1) is 0 Å². The number of hydrogen-bond acceptors (Lipinski definition) is 13. The van der Waals surface area contributed by atoms with E-state index in [0.29, 0.717) is 19.3 Å². The van der Waals surface area contributed by atoms with Gasteiger partial charge in [-0.2, -0.15) is 0 Å². The average molecular weight is 1450 g/mol. The Morgan fingerprint density at radius 3 is 1.03 bits per heavy atom. The lowest BCUT2D eigenvalue weighted by atomic mass is 9.97. The molecule has 12 atom stereocenters. The molecule has 9 N–H and O–H groups in total. The third-order valence-electron chi connectivity index (χ3n) is 19.9. The van der Waals surface area contributed by atoms with Gasteiger partial charge in [0, 0.05) is 6.42 Å². The van der Waals surface area contributed by atoms with Crippen LogP contribution in [0.5, 0.6) is 0 Å². The molecular formula is C89H155NO13. The highest BCUT2D eigenvalue weighted by Crippen LogP contribution is 2.30. The van der Waals surface area contributed by atoms with Crippen molar-refractivity contribution in [2.24, 2.45) is 0 Å². The predicted octanol–water partition coefficient (Wildman–Crippen LogP) is 20.0. The monoisotopic (exact) mass is 1450 g/mol. The van der Waals surface area contributed by atoms with E-state index in [0.717, 1.165) is 116 Å². The SMILES string of the molecule is CC/C=C\C/C=C\C/C=C\C/C=C\C/C=C\C/C=C\C/C=C\C/C=C\C/C=C\C/C=C\CCCCCCCCCCCCC(=O)NC(COC1OC(CO)C(OC2OC(CO)C(O)C(O)C2O)C(O)C1O)C(O)CCCCCCCCCCCCCCCCCCCCCCCCCCCCCC. The Morgan fingerprint density at radius 1 is 0.359 bits per heavy atom. The molecule has 12 unspecified atom stereocenters. The molecule has 0 aliphatic carbocycles. The molecule has 0 aromatic rings. The molecule has 0 aromatic carbocycles. The summed E-state index contributed by atoms with van der Waals surface area (Å²) < 4.78 is 23.0. The van der Waals surface area contributed by atoms with Crippen molar-refractivity contribution >= 4 is 5.91 Å². The van der Waals surface area contributed by atoms with Crippen LogP contribution in [0.15, 0.2) is 122 Å². The van der Waals surface area contributed by atoms with Crippen molar-refractivity contribution in [1.29, 1.82) is 0 Å². The lowest BCUT2D eigenvalue weighted by Gasteiger charge is -2.46. The largest absolute Gasteiger partial charge is 0.394 e. The number of carbonyl (C=O) groups excluding carboxylic acids is 1. The second-order valence-electron chi connectivity index (χ2n) is 29.2. The molecule has 2 fully saturated rings. The van der Waals surface area contributed by atoms with Gasteiger partial charge in [0.1, 0.15) is 48.8 Å². The van der Waals surface area contributed by atoms with Gasteiger partial charge >= 0.3 is 0 Å². The molecule has 0 bridgehead atoms. The molecule has 2 rings (SSSR count). The number of aliphatic hydroxyl groups is 8. The van der Waals surface area contributed by atoms with Crippen LogP contribution < -0.4 is 5.32 Å². The Kier molecular flexibility index (Phi) is 66.1. The van der Waals surface area contributed by atoms with E-state index in [9.17, 15) is 45.6 Å². The fraction of sp³-hybridized carbons (Fsp3) is 0.764. The maximum Gasteiger partial charge on any atom is 0.220 e. The van der Waals surface area contributed by atoms with Crippen molar-refractivity contribution in [1.82, 2.24) is 5.32 Å². The number of allylic oxidation sites excluding steroid dienone is 20. The number of unbranched alkanes of at least 4 members (excludes halogenated alkanes) is 37. The highest BCUT2D eigenvalue weighted by Gasteiger charge is 2.51. The highest BCUT2D eigenvalue weighted by atomic mass is 16.7. The first-order chi connectivity index (χ1) is 50.6. The van der Waals surface area contributed by atoms with Crippen molar-refractivity contribution in [3.05, 3.63) is 122 Å². The van der Waals surface area contributed by atoms with Crippen molar-refractivity contribution in [2.75, 3.05) is 19.8 Å². The topological polar surface area (TPSA) is 228 Å². The van der Waals surface area contributed by atoms with Gasteiger partial charge in [-0.05, 0) is 89.9 Å². The van der Waals surface area contributed by atoms with E-state index >= 15 is 0 Å². The van der Waals surface area contributed by atoms with Crippen LogP contribution in [0.2, 0.25) is 0 Å². The molecule has 2 saturated heterocycles. The van der Waals surface area contributed by atoms with Gasteiger partial charge in [0.05, 0.1) is 32.0 Å². The van der Waals surface area contributed by atoms with Crippen molar-refractivity contribution < 1.29 is 64.6 Å². The van der Waals surface area contributed by atoms with Gasteiger partial charge < -0.3 is 65.1 Å². The van der Waals surface area contributed by atoms with Crippen molar-refractivity contribution in [3.8, 4) is 0 Å². The molecule has 2 aliphatic heterocycles. The molecule has 0 aromatic heterocycles. The van der Waals surface area contributed by atoms with E-state index in [1.807, 2.05) is 0 Å². The second kappa shape index (κ2) is 71.3. The standard InChI is InChI=1S/C89H155NO13/c1-3-5-7-9-11-13-15-17-19-21-23-25-27-29-31-33-34-35-36-37-38-39-40-41-42-43-44-45-47-49-51-53-55-57-59-61-63-65-67-69-71-73-81(94)90-77(76-100-88-86(99)84(97)87(80(75-92)102-88)103-89-85(98)83(96)82(95)79(74-91)101-89)78(93)72-70-68-66-64-62-60-58-56-54-52-50-48-46-32-30-28-26-24-22-20-18-16-14-12-10-8-6-4-2/h5,7,11,13,17,19,23,25,29,31,34-35,37-38,40-41,43-44,47,49,77-80,82-89,91-93,95-99H,3-4,6,8-10,12,14-16,18,20-22,24,26-28,30,32-33,36,39,42,45-46,48,50-76H2,1-2H3,(H,90,94)/b7-5-,13-11-,19-17-,25-23-,31-29-,35-34-,38-37-,41-40-,44-43-,49-47-. The number of nitrogens with one attached hydrogen (secondary N) is 1. The number of amides is 1. The lowest BCUT2D eigenvalue weighted by molar-refractivity contribution is -0.359. The van der Waals surface area contributed by atoms with E-state index < -0.39 is 86.8 Å². The van der Waals surface area contributed by atoms with Gasteiger partial charge in [-0.3, -0.25) is 4.79 Å². The first kappa shape index (κ1) is 95.5. The summed E-state index contributed by atoms with van der Waals surface area (Å²) in [5, 5.41) is 88.0. The van der Waals surface area contributed by atoms with E-state index in [2.05, 4.69) is 141 Å². The molecule has 0 radical (unpaired) electrons. The zero-order valence-electron chi connectivity index (χ0n) is 65.3. The number of ether oxygens (including phenoxy) is 4. The van der Waals surface area contributed by atoms with Gasteiger partial charge in [0.2, 0.25) is 5.91 Å². The summed E-state index contributed by atoms with van der Waals surface area (Å²) >= 11 is 0. The van der Waals surface area contributed by atoms with Crippen LogP contribution in [0.4, 0.5) is 0 Å². The van der Waals surface area contributed by atoms with Crippen LogP contribution in [0.3, 0.4) is 0 Å². The normalized spacial score (nSPS) is 22.2. The third-order valence-corrected chi connectivity index (χ3v) is 19.9. The maximum atomic E-state index is 13.4. The molecule has 594 valence electrons. The van der Waals surface area contributed by atoms with Crippen LogP contribution in [-0.4, -0.2) is 140 Å². The van der Waals surface area contributed by atoms with Gasteiger partial charge in [-0.15, -0.1) is 0 Å². The maximum absolute atomic E-state index is 13.4. The van der Waals surface area contributed by atoms with Gasteiger partial charge in [0.15, 0.2) is 12.6 Å². The molecule has 14 heteroatoms. The van der Waals surface area contributed by atoms with Gasteiger partial charge in [-0.1, -0.05) is 367 Å². The van der Waals surface area contributed by atoms with Crippen molar-refractivity contribution in [3.63, 3.8) is 0 Å². The molecule has 0 spiro atoms. The fourth-order valence-electron chi connectivity index (χ4n) is 13.3. The molecule has 0 saturated carbocycles. The fourth-order valence-corrected chi connectivity index (χ4v) is 13.3.